The molecule has 4 rings (SSSR count). The third-order valence-corrected chi connectivity index (χ3v) is 5.66. The first-order valence-electron chi connectivity index (χ1n) is 10.6. The van der Waals surface area contributed by atoms with Crippen LogP contribution in [0.1, 0.15) is 42.2 Å². The highest BCUT2D eigenvalue weighted by Gasteiger charge is 2.24. The molecule has 1 aliphatic rings. The quantitative estimate of drug-likeness (QED) is 0.582. The van der Waals surface area contributed by atoms with Crippen LogP contribution >= 0.6 is 0 Å². The number of hydrogen-bond acceptors (Lipinski definition) is 5. The third kappa shape index (κ3) is 4.07. The molecule has 2 aromatic heterocycles. The molecule has 0 atom stereocenters. The topological polar surface area (TPSA) is 62.5 Å². The Bertz CT molecular complexity index is 1040. The molecule has 6 nitrogen and oxygen atoms in total. The number of fused-ring (bicyclic) bond motifs is 1. The van der Waals surface area contributed by atoms with E-state index < -0.39 is 5.82 Å². The van der Waals surface area contributed by atoms with Gasteiger partial charge in [-0.15, -0.1) is 0 Å². The number of halogens is 1. The summed E-state index contributed by atoms with van der Waals surface area (Å²) in [6, 6.07) is 8.08. The lowest BCUT2D eigenvalue weighted by Gasteiger charge is -2.25. The van der Waals surface area contributed by atoms with Crippen molar-refractivity contribution in [2.75, 3.05) is 32.7 Å². The van der Waals surface area contributed by atoms with Gasteiger partial charge in [0.1, 0.15) is 5.82 Å². The molecule has 1 aromatic carbocycles. The maximum atomic E-state index is 14.4. The van der Waals surface area contributed by atoms with E-state index in [1.807, 2.05) is 4.90 Å². The van der Waals surface area contributed by atoms with Gasteiger partial charge in [0.25, 0.3) is 11.6 Å². The van der Waals surface area contributed by atoms with Crippen molar-refractivity contribution < 1.29 is 13.7 Å². The Labute approximate surface area is 175 Å². The Hall–Kier alpha value is -2.80. The van der Waals surface area contributed by atoms with Crippen LogP contribution in [-0.4, -0.2) is 58.6 Å². The number of nitrogens with zero attached hydrogens (tertiary/aromatic N) is 4. The highest BCUT2D eigenvalue weighted by Crippen LogP contribution is 2.29. The molecule has 1 amide bonds. The SMILES string of the molecule is CCCN(CCN1CCCC1)C(=O)c1cc(-c2ccccc2F)nc2onc(C)c12. The summed E-state index contributed by atoms with van der Waals surface area (Å²) in [7, 11) is 0. The zero-order valence-corrected chi connectivity index (χ0v) is 17.5. The zero-order valence-electron chi connectivity index (χ0n) is 17.5. The summed E-state index contributed by atoms with van der Waals surface area (Å²) in [6.45, 7) is 8.23. The number of carbonyl (C=O) groups excluding carboxylic acids is 1. The maximum Gasteiger partial charge on any atom is 0.259 e. The van der Waals surface area contributed by atoms with E-state index in [1.54, 1.807) is 31.2 Å². The highest BCUT2D eigenvalue weighted by atomic mass is 19.1. The van der Waals surface area contributed by atoms with Gasteiger partial charge in [-0.1, -0.05) is 24.2 Å². The van der Waals surface area contributed by atoms with Crippen LogP contribution < -0.4 is 0 Å². The lowest BCUT2D eigenvalue weighted by molar-refractivity contribution is 0.0742. The Morgan fingerprint density at radius 2 is 2.00 bits per heavy atom. The number of pyridine rings is 1. The van der Waals surface area contributed by atoms with Crippen LogP contribution in [0.5, 0.6) is 0 Å². The van der Waals surface area contributed by atoms with Gasteiger partial charge in [0.05, 0.1) is 22.3 Å². The molecule has 1 aliphatic heterocycles. The third-order valence-electron chi connectivity index (χ3n) is 5.66. The lowest BCUT2D eigenvalue weighted by atomic mass is 10.0. The second-order valence-electron chi connectivity index (χ2n) is 7.82. The summed E-state index contributed by atoms with van der Waals surface area (Å²) in [5.41, 5.74) is 2.04. The highest BCUT2D eigenvalue weighted by molar-refractivity contribution is 6.07. The number of carbonyl (C=O) groups is 1. The van der Waals surface area contributed by atoms with Crippen molar-refractivity contribution in [3.05, 3.63) is 47.4 Å². The second-order valence-corrected chi connectivity index (χ2v) is 7.82. The van der Waals surface area contributed by atoms with Crippen LogP contribution in [-0.2, 0) is 0 Å². The average molecular weight is 410 g/mol. The van der Waals surface area contributed by atoms with E-state index >= 15 is 0 Å². The molecule has 1 saturated heterocycles. The first-order valence-corrected chi connectivity index (χ1v) is 10.6. The molecule has 0 radical (unpaired) electrons. The average Bonchev–Trinajstić information content (AvgIpc) is 3.40. The monoisotopic (exact) mass is 410 g/mol. The van der Waals surface area contributed by atoms with Crippen molar-refractivity contribution in [1.29, 1.82) is 0 Å². The molecule has 0 saturated carbocycles. The molecule has 0 aliphatic carbocycles. The van der Waals surface area contributed by atoms with Gasteiger partial charge >= 0.3 is 0 Å². The first-order chi connectivity index (χ1) is 14.6. The van der Waals surface area contributed by atoms with Gasteiger partial charge in [0, 0.05) is 25.2 Å². The zero-order chi connectivity index (χ0) is 21.1. The van der Waals surface area contributed by atoms with E-state index in [2.05, 4.69) is 22.0 Å². The Morgan fingerprint density at radius 1 is 1.23 bits per heavy atom. The number of hydrogen-bond donors (Lipinski definition) is 0. The number of aryl methyl sites for hydroxylation is 1. The molecule has 30 heavy (non-hydrogen) atoms. The van der Waals surface area contributed by atoms with Crippen LogP contribution in [0.2, 0.25) is 0 Å². The maximum absolute atomic E-state index is 14.4. The lowest BCUT2D eigenvalue weighted by Crippen LogP contribution is -2.38. The van der Waals surface area contributed by atoms with Crippen molar-refractivity contribution in [2.24, 2.45) is 0 Å². The van der Waals surface area contributed by atoms with Gasteiger partial charge in [-0.05, 0) is 57.5 Å². The summed E-state index contributed by atoms with van der Waals surface area (Å²) >= 11 is 0. The van der Waals surface area contributed by atoms with E-state index in [0.29, 0.717) is 41.0 Å². The van der Waals surface area contributed by atoms with E-state index in [-0.39, 0.29) is 11.6 Å². The van der Waals surface area contributed by atoms with Crippen molar-refractivity contribution in [1.82, 2.24) is 19.9 Å². The van der Waals surface area contributed by atoms with E-state index in [9.17, 15) is 9.18 Å². The Balaban J connectivity index is 1.72. The molecule has 3 heterocycles. The largest absolute Gasteiger partial charge is 0.337 e. The van der Waals surface area contributed by atoms with Gasteiger partial charge in [0.2, 0.25) is 0 Å². The minimum absolute atomic E-state index is 0.0904. The number of likely N-dealkylation sites (tertiary alicyclic amines) is 1. The standard InChI is InChI=1S/C23H27FN4O2/c1-3-10-28(14-13-27-11-6-7-12-27)23(29)18-15-20(17-8-4-5-9-19(17)24)25-22-21(18)16(2)26-30-22/h4-5,8-9,15H,3,6-7,10-14H2,1-2H3. The summed E-state index contributed by atoms with van der Waals surface area (Å²) in [4.78, 5) is 22.3. The van der Waals surface area contributed by atoms with Crippen LogP contribution in [0, 0.1) is 12.7 Å². The van der Waals surface area contributed by atoms with Crippen LogP contribution in [0.4, 0.5) is 4.39 Å². The minimum Gasteiger partial charge on any atom is -0.337 e. The number of amides is 1. The molecule has 0 bridgehead atoms. The Kier molecular flexibility index (Phi) is 6.08. The molecule has 3 aromatic rings. The molecule has 0 spiro atoms. The Morgan fingerprint density at radius 3 is 2.73 bits per heavy atom. The molecule has 7 heteroatoms. The van der Waals surface area contributed by atoms with Gasteiger partial charge in [-0.3, -0.25) is 4.79 Å². The molecule has 0 N–H and O–H groups in total. The molecule has 1 fully saturated rings. The van der Waals surface area contributed by atoms with E-state index in [1.165, 1.54) is 18.9 Å². The molecular formula is C23H27FN4O2. The van der Waals surface area contributed by atoms with Crippen molar-refractivity contribution >= 4 is 17.0 Å². The predicted molar refractivity (Wildman–Crippen MR) is 114 cm³/mol. The molecular weight excluding hydrogens is 383 g/mol. The van der Waals surface area contributed by atoms with Crippen molar-refractivity contribution in [2.45, 2.75) is 33.1 Å². The fraction of sp³-hybridized carbons (Fsp3) is 0.435. The first kappa shape index (κ1) is 20.5. The summed E-state index contributed by atoms with van der Waals surface area (Å²) < 4.78 is 19.8. The number of aromatic nitrogens is 2. The van der Waals surface area contributed by atoms with E-state index in [4.69, 9.17) is 4.52 Å². The molecule has 158 valence electrons. The van der Waals surface area contributed by atoms with E-state index in [0.717, 1.165) is 26.1 Å². The summed E-state index contributed by atoms with van der Waals surface area (Å²) in [5, 5.41) is 4.60. The second kappa shape index (κ2) is 8.92. The normalized spacial score (nSPS) is 14.5. The van der Waals surface area contributed by atoms with Gasteiger partial charge < -0.3 is 14.3 Å². The van der Waals surface area contributed by atoms with Crippen LogP contribution in [0.3, 0.4) is 0 Å². The van der Waals surface area contributed by atoms with Crippen molar-refractivity contribution in [3.63, 3.8) is 0 Å². The fourth-order valence-electron chi connectivity index (χ4n) is 4.09. The minimum atomic E-state index is -0.390. The predicted octanol–water partition coefficient (Wildman–Crippen LogP) is 4.29. The van der Waals surface area contributed by atoms with Crippen molar-refractivity contribution in [3.8, 4) is 11.3 Å². The van der Waals surface area contributed by atoms with Gasteiger partial charge in [-0.25, -0.2) is 9.37 Å². The van der Waals surface area contributed by atoms with Gasteiger partial charge in [-0.2, -0.15) is 0 Å². The number of rotatable bonds is 7. The van der Waals surface area contributed by atoms with Crippen LogP contribution in [0.25, 0.3) is 22.4 Å². The molecule has 0 unspecified atom stereocenters. The fourth-order valence-corrected chi connectivity index (χ4v) is 4.09. The van der Waals surface area contributed by atoms with Crippen LogP contribution in [0.15, 0.2) is 34.9 Å². The smallest absolute Gasteiger partial charge is 0.259 e. The summed E-state index contributed by atoms with van der Waals surface area (Å²) in [6.07, 6.45) is 3.31. The summed E-state index contributed by atoms with van der Waals surface area (Å²) in [5.74, 6) is -0.481. The number of benzene rings is 1. The van der Waals surface area contributed by atoms with Gasteiger partial charge in [0.15, 0.2) is 0 Å².